The van der Waals surface area contributed by atoms with Crippen molar-refractivity contribution in [2.75, 3.05) is 14.2 Å². The van der Waals surface area contributed by atoms with Crippen LogP contribution in [0.4, 0.5) is 0 Å². The summed E-state index contributed by atoms with van der Waals surface area (Å²) in [5, 5.41) is 5.44. The molecule has 1 aliphatic rings. The number of ether oxygens (including phenoxy) is 2. The first kappa shape index (κ1) is 15.5. The molecule has 0 aromatic heterocycles. The zero-order valence-electron chi connectivity index (χ0n) is 13.1. The van der Waals surface area contributed by atoms with Gasteiger partial charge in [0.15, 0.2) is 0 Å². The lowest BCUT2D eigenvalue weighted by Crippen LogP contribution is -2.33. The third-order valence-corrected chi connectivity index (χ3v) is 4.40. The summed E-state index contributed by atoms with van der Waals surface area (Å²) in [7, 11) is 2.71. The molecule has 120 valence electrons. The second kappa shape index (κ2) is 6.38. The van der Waals surface area contributed by atoms with Crippen molar-refractivity contribution in [3.05, 3.63) is 48.0 Å². The van der Waals surface area contributed by atoms with Crippen LogP contribution in [0, 0.1) is 5.92 Å². The average molecular weight is 313 g/mol. The summed E-state index contributed by atoms with van der Waals surface area (Å²) in [5.74, 6) is -1.09. The van der Waals surface area contributed by atoms with E-state index in [9.17, 15) is 9.59 Å². The largest absolute Gasteiger partial charge is 0.469 e. The Morgan fingerprint density at radius 1 is 1.00 bits per heavy atom. The number of methoxy groups -OCH3 is 2. The SMILES string of the molecule is COC(=O)[C@H]1C[C@H](C(=O)OC)N[C@@H]1c1ccc2ccccc2c1. The first-order valence-corrected chi connectivity index (χ1v) is 7.54. The Hall–Kier alpha value is -2.40. The van der Waals surface area contributed by atoms with Gasteiger partial charge in [-0.05, 0) is 28.8 Å². The van der Waals surface area contributed by atoms with E-state index in [1.807, 2.05) is 42.5 Å². The number of esters is 2. The van der Waals surface area contributed by atoms with Crippen molar-refractivity contribution < 1.29 is 19.1 Å². The minimum absolute atomic E-state index is 0.267. The molecule has 1 aliphatic heterocycles. The molecule has 1 saturated heterocycles. The van der Waals surface area contributed by atoms with Gasteiger partial charge in [0.05, 0.1) is 20.1 Å². The molecule has 0 spiro atoms. The van der Waals surface area contributed by atoms with Gasteiger partial charge in [-0.25, -0.2) is 0 Å². The zero-order valence-corrected chi connectivity index (χ0v) is 13.1. The molecule has 0 unspecified atom stereocenters. The van der Waals surface area contributed by atoms with Gasteiger partial charge in [-0.1, -0.05) is 36.4 Å². The first-order chi connectivity index (χ1) is 11.1. The summed E-state index contributed by atoms with van der Waals surface area (Å²) in [6.07, 6.45) is 0.372. The number of hydrogen-bond acceptors (Lipinski definition) is 5. The quantitative estimate of drug-likeness (QED) is 0.880. The second-order valence-corrected chi connectivity index (χ2v) is 5.69. The van der Waals surface area contributed by atoms with Crippen LogP contribution in [0.3, 0.4) is 0 Å². The lowest BCUT2D eigenvalue weighted by Gasteiger charge is -2.18. The molecular weight excluding hydrogens is 294 g/mol. The van der Waals surface area contributed by atoms with Gasteiger partial charge in [0.25, 0.3) is 0 Å². The van der Waals surface area contributed by atoms with Crippen molar-refractivity contribution in [1.82, 2.24) is 5.32 Å². The highest BCUT2D eigenvalue weighted by Crippen LogP contribution is 2.35. The minimum Gasteiger partial charge on any atom is -0.469 e. The predicted octanol–water partition coefficient (Wildman–Crippen LogP) is 2.21. The van der Waals surface area contributed by atoms with Crippen LogP contribution in [0.15, 0.2) is 42.5 Å². The maximum atomic E-state index is 12.1. The molecule has 3 atom stereocenters. The lowest BCUT2D eigenvalue weighted by atomic mass is 9.92. The van der Waals surface area contributed by atoms with E-state index < -0.39 is 12.0 Å². The summed E-state index contributed by atoms with van der Waals surface area (Å²) in [6.45, 7) is 0. The van der Waals surface area contributed by atoms with Crippen molar-refractivity contribution in [3.8, 4) is 0 Å². The van der Waals surface area contributed by atoms with Gasteiger partial charge >= 0.3 is 11.9 Å². The third-order valence-electron chi connectivity index (χ3n) is 4.40. The molecule has 0 bridgehead atoms. The summed E-state index contributed by atoms with van der Waals surface area (Å²) < 4.78 is 9.70. The van der Waals surface area contributed by atoms with Crippen LogP contribution in [0.5, 0.6) is 0 Å². The molecular formula is C18H19NO4. The van der Waals surface area contributed by atoms with E-state index in [0.29, 0.717) is 6.42 Å². The van der Waals surface area contributed by atoms with Gasteiger partial charge in [-0.15, -0.1) is 0 Å². The Bertz CT molecular complexity index is 743. The van der Waals surface area contributed by atoms with Gasteiger partial charge in [0.1, 0.15) is 6.04 Å². The van der Waals surface area contributed by atoms with E-state index in [4.69, 9.17) is 9.47 Å². The first-order valence-electron chi connectivity index (χ1n) is 7.54. The predicted molar refractivity (Wildman–Crippen MR) is 85.8 cm³/mol. The van der Waals surface area contributed by atoms with Crippen molar-refractivity contribution in [3.63, 3.8) is 0 Å². The molecule has 1 heterocycles. The van der Waals surface area contributed by atoms with Crippen LogP contribution >= 0.6 is 0 Å². The van der Waals surface area contributed by atoms with Gasteiger partial charge in [0, 0.05) is 6.04 Å². The highest BCUT2D eigenvalue weighted by molar-refractivity contribution is 5.84. The maximum Gasteiger partial charge on any atom is 0.322 e. The maximum absolute atomic E-state index is 12.1. The molecule has 3 rings (SSSR count). The van der Waals surface area contributed by atoms with E-state index in [2.05, 4.69) is 5.32 Å². The Morgan fingerprint density at radius 3 is 2.39 bits per heavy atom. The van der Waals surface area contributed by atoms with Crippen LogP contribution in [-0.4, -0.2) is 32.2 Å². The summed E-state index contributed by atoms with van der Waals surface area (Å²) in [5.41, 5.74) is 0.963. The normalized spacial score (nSPS) is 23.7. The molecule has 0 radical (unpaired) electrons. The lowest BCUT2D eigenvalue weighted by molar-refractivity contribution is -0.146. The Kier molecular flexibility index (Phi) is 4.30. The molecule has 23 heavy (non-hydrogen) atoms. The third kappa shape index (κ3) is 2.92. The van der Waals surface area contributed by atoms with Gasteiger partial charge < -0.3 is 9.47 Å². The number of benzene rings is 2. The van der Waals surface area contributed by atoms with Crippen molar-refractivity contribution in [2.24, 2.45) is 5.92 Å². The Balaban J connectivity index is 1.96. The Labute approximate surface area is 134 Å². The highest BCUT2D eigenvalue weighted by atomic mass is 16.5. The van der Waals surface area contributed by atoms with Crippen molar-refractivity contribution in [1.29, 1.82) is 0 Å². The summed E-state index contributed by atoms with van der Waals surface area (Å²) in [4.78, 5) is 23.9. The molecule has 2 aromatic rings. The van der Waals surface area contributed by atoms with Crippen molar-refractivity contribution >= 4 is 22.7 Å². The minimum atomic E-state index is -0.499. The zero-order chi connectivity index (χ0) is 16.4. The summed E-state index contributed by atoms with van der Waals surface area (Å²) >= 11 is 0. The second-order valence-electron chi connectivity index (χ2n) is 5.69. The molecule has 1 fully saturated rings. The Morgan fingerprint density at radius 2 is 1.70 bits per heavy atom. The van der Waals surface area contributed by atoms with Crippen LogP contribution < -0.4 is 5.32 Å². The van der Waals surface area contributed by atoms with Gasteiger partial charge in [-0.2, -0.15) is 0 Å². The number of hydrogen-bond donors (Lipinski definition) is 1. The van der Waals surface area contributed by atoms with Crippen LogP contribution in [0.25, 0.3) is 10.8 Å². The molecule has 2 aromatic carbocycles. The average Bonchev–Trinajstić information content (AvgIpc) is 3.05. The van der Waals surface area contributed by atoms with E-state index in [1.54, 1.807) is 0 Å². The van der Waals surface area contributed by atoms with E-state index >= 15 is 0 Å². The summed E-state index contributed by atoms with van der Waals surface area (Å²) in [6, 6.07) is 13.3. The number of fused-ring (bicyclic) bond motifs is 1. The molecule has 5 heteroatoms. The van der Waals surface area contributed by atoms with E-state index in [0.717, 1.165) is 16.3 Å². The van der Waals surface area contributed by atoms with Crippen LogP contribution in [-0.2, 0) is 19.1 Å². The molecule has 1 N–H and O–H groups in total. The fraction of sp³-hybridized carbons (Fsp3) is 0.333. The van der Waals surface area contributed by atoms with Gasteiger partial charge in [0.2, 0.25) is 0 Å². The van der Waals surface area contributed by atoms with E-state index in [-0.39, 0.29) is 18.0 Å². The molecule has 0 amide bonds. The van der Waals surface area contributed by atoms with Crippen LogP contribution in [0.1, 0.15) is 18.0 Å². The van der Waals surface area contributed by atoms with E-state index in [1.165, 1.54) is 14.2 Å². The monoisotopic (exact) mass is 313 g/mol. The van der Waals surface area contributed by atoms with Gasteiger partial charge in [-0.3, -0.25) is 14.9 Å². The van der Waals surface area contributed by atoms with Crippen LogP contribution in [0.2, 0.25) is 0 Å². The highest BCUT2D eigenvalue weighted by Gasteiger charge is 2.43. The molecule has 0 aliphatic carbocycles. The smallest absolute Gasteiger partial charge is 0.322 e. The molecule has 0 saturated carbocycles. The molecule has 5 nitrogen and oxygen atoms in total. The number of rotatable bonds is 3. The standard InChI is InChI=1S/C18H19NO4/c1-22-17(20)14-10-15(18(21)23-2)19-16(14)13-8-7-11-5-3-4-6-12(11)9-13/h3-9,14-16,19H,10H2,1-2H3/t14-,15+,16+/m0/s1. The fourth-order valence-electron chi connectivity index (χ4n) is 3.21. The number of carbonyl (C=O) groups is 2. The number of carbonyl (C=O) groups excluding carboxylic acids is 2. The fourth-order valence-corrected chi connectivity index (χ4v) is 3.21. The van der Waals surface area contributed by atoms with Crippen molar-refractivity contribution in [2.45, 2.75) is 18.5 Å². The number of nitrogens with one attached hydrogen (secondary N) is 1. The topological polar surface area (TPSA) is 64.6 Å².